The Labute approximate surface area is 139 Å². The highest BCUT2D eigenvalue weighted by Crippen LogP contribution is 2.27. The first-order valence-electron chi connectivity index (χ1n) is 7.06. The summed E-state index contributed by atoms with van der Waals surface area (Å²) in [5.74, 6) is 1.08. The molecule has 0 aromatic carbocycles. The first-order chi connectivity index (χ1) is 10.3. The Kier molecular flexibility index (Phi) is 5.34. The minimum atomic E-state index is -0.483. The summed E-state index contributed by atoms with van der Waals surface area (Å²) in [6.07, 6.45) is 1.63. The topological polar surface area (TPSA) is 62.3 Å². The van der Waals surface area contributed by atoms with E-state index in [-0.39, 0.29) is 11.8 Å². The van der Waals surface area contributed by atoms with Gasteiger partial charge in [-0.25, -0.2) is 4.98 Å². The number of pyridine rings is 1. The predicted octanol–water partition coefficient (Wildman–Crippen LogP) is 2.30. The quantitative estimate of drug-likeness (QED) is 0.857. The molecule has 0 unspecified atom stereocenters. The zero-order chi connectivity index (χ0) is 16.3. The highest BCUT2D eigenvalue weighted by molar-refractivity contribution is 7.99. The molecule has 1 aliphatic rings. The Hall–Kier alpha value is -1.27. The van der Waals surface area contributed by atoms with E-state index in [1.165, 1.54) is 0 Å². The van der Waals surface area contributed by atoms with Crippen LogP contribution < -0.4 is 5.32 Å². The van der Waals surface area contributed by atoms with E-state index in [2.05, 4.69) is 10.3 Å². The lowest BCUT2D eigenvalue weighted by Crippen LogP contribution is -2.50. The highest BCUT2D eigenvalue weighted by atomic mass is 35.5. The van der Waals surface area contributed by atoms with Gasteiger partial charge in [0.1, 0.15) is 11.2 Å². The standard InChI is InChI=1S/C15H20ClN3O2S/c1-15(2,3)14(21)19-9-22-8-11(19)13(20)18-7-10-4-5-12(16)17-6-10/h4-6,11H,7-9H2,1-3H3,(H,18,20)/t11-/m0/s1. The fraction of sp³-hybridized carbons (Fsp3) is 0.533. The molecule has 7 heteroatoms. The van der Waals surface area contributed by atoms with E-state index < -0.39 is 11.5 Å². The van der Waals surface area contributed by atoms with Crippen molar-refractivity contribution < 1.29 is 9.59 Å². The molecular formula is C15H20ClN3O2S. The number of nitrogens with one attached hydrogen (secondary N) is 1. The molecule has 0 saturated carbocycles. The van der Waals surface area contributed by atoms with E-state index in [9.17, 15) is 9.59 Å². The zero-order valence-corrected chi connectivity index (χ0v) is 14.5. The van der Waals surface area contributed by atoms with Crippen LogP contribution in [0.25, 0.3) is 0 Å². The molecular weight excluding hydrogens is 322 g/mol. The SMILES string of the molecule is CC(C)(C)C(=O)N1CSC[C@H]1C(=O)NCc1ccc(Cl)nc1. The number of carbonyl (C=O) groups is 2. The highest BCUT2D eigenvalue weighted by Gasteiger charge is 2.38. The second-order valence-electron chi connectivity index (χ2n) is 6.25. The van der Waals surface area contributed by atoms with Crippen molar-refractivity contribution in [2.24, 2.45) is 5.41 Å². The molecule has 0 radical (unpaired) electrons. The maximum atomic E-state index is 12.4. The van der Waals surface area contributed by atoms with Crippen LogP contribution in [0, 0.1) is 5.41 Å². The Morgan fingerprint density at radius 2 is 2.18 bits per heavy atom. The fourth-order valence-electron chi connectivity index (χ4n) is 2.11. The van der Waals surface area contributed by atoms with Crippen molar-refractivity contribution in [2.75, 3.05) is 11.6 Å². The van der Waals surface area contributed by atoms with Crippen molar-refractivity contribution in [1.29, 1.82) is 0 Å². The number of carbonyl (C=O) groups excluding carboxylic acids is 2. The molecule has 1 fully saturated rings. The Morgan fingerprint density at radius 1 is 1.45 bits per heavy atom. The van der Waals surface area contributed by atoms with Crippen LogP contribution in [0.1, 0.15) is 26.3 Å². The molecule has 1 aromatic rings. The number of aromatic nitrogens is 1. The molecule has 120 valence electrons. The van der Waals surface area contributed by atoms with Crippen LogP contribution in [0.4, 0.5) is 0 Å². The number of hydrogen-bond acceptors (Lipinski definition) is 4. The average molecular weight is 342 g/mol. The molecule has 5 nitrogen and oxygen atoms in total. The van der Waals surface area contributed by atoms with Gasteiger partial charge in [0.2, 0.25) is 11.8 Å². The van der Waals surface area contributed by atoms with E-state index in [1.807, 2.05) is 26.8 Å². The van der Waals surface area contributed by atoms with Gasteiger partial charge in [0, 0.05) is 23.9 Å². The first-order valence-corrected chi connectivity index (χ1v) is 8.59. The molecule has 1 atom stereocenters. The fourth-order valence-corrected chi connectivity index (χ4v) is 3.37. The largest absolute Gasteiger partial charge is 0.350 e. The normalized spacial score (nSPS) is 18.4. The van der Waals surface area contributed by atoms with Crippen LogP contribution >= 0.6 is 23.4 Å². The van der Waals surface area contributed by atoms with Gasteiger partial charge in [-0.1, -0.05) is 38.4 Å². The molecule has 1 aromatic heterocycles. The van der Waals surface area contributed by atoms with Crippen LogP contribution in [-0.4, -0.2) is 39.4 Å². The van der Waals surface area contributed by atoms with Crippen LogP contribution in [0.2, 0.25) is 5.15 Å². The number of nitrogens with zero attached hydrogens (tertiary/aromatic N) is 2. The molecule has 2 rings (SSSR count). The molecule has 0 aliphatic carbocycles. The van der Waals surface area contributed by atoms with Crippen molar-refractivity contribution in [3.63, 3.8) is 0 Å². The molecule has 0 spiro atoms. The summed E-state index contributed by atoms with van der Waals surface area (Å²) >= 11 is 7.33. The van der Waals surface area contributed by atoms with Gasteiger partial charge >= 0.3 is 0 Å². The van der Waals surface area contributed by atoms with Gasteiger partial charge in [-0.15, -0.1) is 11.8 Å². The third-order valence-electron chi connectivity index (χ3n) is 3.34. The zero-order valence-electron chi connectivity index (χ0n) is 12.9. The van der Waals surface area contributed by atoms with Gasteiger partial charge in [0.05, 0.1) is 5.88 Å². The Bertz CT molecular complexity index is 557. The van der Waals surface area contributed by atoms with Crippen LogP contribution in [-0.2, 0) is 16.1 Å². The molecule has 2 heterocycles. The van der Waals surface area contributed by atoms with E-state index in [1.54, 1.807) is 28.9 Å². The van der Waals surface area contributed by atoms with E-state index >= 15 is 0 Å². The molecule has 1 aliphatic heterocycles. The van der Waals surface area contributed by atoms with E-state index in [0.29, 0.717) is 23.3 Å². The third kappa shape index (κ3) is 4.14. The lowest BCUT2D eigenvalue weighted by molar-refractivity contribution is -0.144. The van der Waals surface area contributed by atoms with E-state index in [4.69, 9.17) is 11.6 Å². The minimum Gasteiger partial charge on any atom is -0.350 e. The minimum absolute atomic E-state index is 0.00538. The van der Waals surface area contributed by atoms with Gasteiger partial charge in [0.15, 0.2) is 0 Å². The summed E-state index contributed by atoms with van der Waals surface area (Å²) < 4.78 is 0. The third-order valence-corrected chi connectivity index (χ3v) is 4.58. The molecule has 0 bridgehead atoms. The summed E-state index contributed by atoms with van der Waals surface area (Å²) in [7, 11) is 0. The lowest BCUT2D eigenvalue weighted by atomic mass is 9.94. The average Bonchev–Trinajstić information content (AvgIpc) is 2.93. The smallest absolute Gasteiger partial charge is 0.243 e. The number of halogens is 1. The number of rotatable bonds is 3. The van der Waals surface area contributed by atoms with E-state index in [0.717, 1.165) is 5.56 Å². The molecule has 1 saturated heterocycles. The van der Waals surface area contributed by atoms with Crippen LogP contribution in [0.5, 0.6) is 0 Å². The Morgan fingerprint density at radius 3 is 2.77 bits per heavy atom. The second-order valence-corrected chi connectivity index (χ2v) is 7.63. The van der Waals surface area contributed by atoms with Gasteiger partial charge in [0.25, 0.3) is 0 Å². The van der Waals surface area contributed by atoms with Gasteiger partial charge in [-0.2, -0.15) is 0 Å². The molecule has 22 heavy (non-hydrogen) atoms. The second kappa shape index (κ2) is 6.87. The number of thioether (sulfide) groups is 1. The number of hydrogen-bond donors (Lipinski definition) is 1. The van der Waals surface area contributed by atoms with Gasteiger partial charge in [-0.05, 0) is 11.6 Å². The maximum absolute atomic E-state index is 12.4. The van der Waals surface area contributed by atoms with Crippen molar-refractivity contribution in [1.82, 2.24) is 15.2 Å². The number of amides is 2. The summed E-state index contributed by atoms with van der Waals surface area (Å²) in [6, 6.07) is 3.10. The van der Waals surface area contributed by atoms with Crippen molar-refractivity contribution in [3.05, 3.63) is 29.0 Å². The van der Waals surface area contributed by atoms with Crippen molar-refractivity contribution in [3.8, 4) is 0 Å². The summed E-state index contributed by atoms with van der Waals surface area (Å²) in [5, 5.41) is 3.29. The summed E-state index contributed by atoms with van der Waals surface area (Å²) in [5.41, 5.74) is 0.390. The van der Waals surface area contributed by atoms with Crippen molar-refractivity contribution >= 4 is 35.2 Å². The molecule has 1 N–H and O–H groups in total. The van der Waals surface area contributed by atoms with Crippen molar-refractivity contribution in [2.45, 2.75) is 33.4 Å². The maximum Gasteiger partial charge on any atom is 0.243 e. The first kappa shape index (κ1) is 17.1. The predicted molar refractivity (Wildman–Crippen MR) is 88.5 cm³/mol. The monoisotopic (exact) mass is 341 g/mol. The van der Waals surface area contributed by atoms with Crippen LogP contribution in [0.15, 0.2) is 18.3 Å². The molecule has 2 amide bonds. The summed E-state index contributed by atoms with van der Waals surface area (Å²) in [4.78, 5) is 30.4. The summed E-state index contributed by atoms with van der Waals surface area (Å²) in [6.45, 7) is 5.98. The van der Waals surface area contributed by atoms with Gasteiger partial charge < -0.3 is 10.2 Å². The van der Waals surface area contributed by atoms with Gasteiger partial charge in [-0.3, -0.25) is 9.59 Å². The Balaban J connectivity index is 1.96. The lowest BCUT2D eigenvalue weighted by Gasteiger charge is -2.29. The van der Waals surface area contributed by atoms with Crippen LogP contribution in [0.3, 0.4) is 0 Å².